The second-order valence-corrected chi connectivity index (χ2v) is 6.18. The van der Waals surface area contributed by atoms with Crippen molar-refractivity contribution in [3.05, 3.63) is 41.2 Å². The summed E-state index contributed by atoms with van der Waals surface area (Å²) in [5, 5.41) is 6.99. The molecule has 28 heavy (non-hydrogen) atoms. The normalized spacial score (nSPS) is 11.9. The van der Waals surface area contributed by atoms with E-state index >= 15 is 0 Å². The third kappa shape index (κ3) is 4.91. The summed E-state index contributed by atoms with van der Waals surface area (Å²) in [7, 11) is 4.88. The Balaban J connectivity index is 2.00. The molecule has 8 heteroatoms. The first-order chi connectivity index (χ1) is 13.3. The Hall–Kier alpha value is -3.29. The van der Waals surface area contributed by atoms with Crippen molar-refractivity contribution in [2.75, 3.05) is 19.5 Å². The number of amides is 1. The highest BCUT2D eigenvalue weighted by Gasteiger charge is 2.20. The molecule has 0 aliphatic carbocycles. The van der Waals surface area contributed by atoms with Gasteiger partial charge in [0.05, 0.1) is 31.3 Å². The number of benzene rings is 1. The van der Waals surface area contributed by atoms with E-state index in [1.54, 1.807) is 50.0 Å². The molecule has 1 amide bonds. The molecule has 0 unspecified atom stereocenters. The number of carbonyl (C=O) groups excluding carboxylic acids is 2. The lowest BCUT2D eigenvalue weighted by Crippen LogP contribution is -2.29. The van der Waals surface area contributed by atoms with Gasteiger partial charge in [0.1, 0.15) is 11.5 Å². The van der Waals surface area contributed by atoms with Crippen molar-refractivity contribution >= 4 is 23.6 Å². The standard InChI is InChI=1S/C20H25N3O5/c1-12-19(13(2)23(4)22-12)21-20(25)14(3)28-18(24)10-8-15-7-9-16(26-5)11-17(15)27-6/h7-11,14H,1-6H3,(H,21,25)/b10-8+/t14-/m1/s1. The Morgan fingerprint density at radius 2 is 1.93 bits per heavy atom. The number of methoxy groups -OCH3 is 2. The number of hydrogen-bond donors (Lipinski definition) is 1. The van der Waals surface area contributed by atoms with E-state index in [-0.39, 0.29) is 0 Å². The fourth-order valence-electron chi connectivity index (χ4n) is 2.56. The number of rotatable bonds is 7. The highest BCUT2D eigenvalue weighted by molar-refractivity contribution is 5.97. The highest BCUT2D eigenvalue weighted by Crippen LogP contribution is 2.25. The number of aromatic nitrogens is 2. The third-order valence-electron chi connectivity index (χ3n) is 4.26. The summed E-state index contributed by atoms with van der Waals surface area (Å²) in [4.78, 5) is 24.4. The van der Waals surface area contributed by atoms with Crippen molar-refractivity contribution in [2.45, 2.75) is 26.9 Å². The van der Waals surface area contributed by atoms with E-state index in [1.165, 1.54) is 20.1 Å². The van der Waals surface area contributed by atoms with Crippen molar-refractivity contribution in [2.24, 2.45) is 7.05 Å². The predicted molar refractivity (Wildman–Crippen MR) is 105 cm³/mol. The van der Waals surface area contributed by atoms with Crippen LogP contribution in [0.4, 0.5) is 5.69 Å². The van der Waals surface area contributed by atoms with Gasteiger partial charge in [-0.25, -0.2) is 4.79 Å². The number of hydrogen-bond acceptors (Lipinski definition) is 6. The summed E-state index contributed by atoms with van der Waals surface area (Å²) >= 11 is 0. The van der Waals surface area contributed by atoms with E-state index in [1.807, 2.05) is 6.92 Å². The van der Waals surface area contributed by atoms with Crippen molar-refractivity contribution in [1.29, 1.82) is 0 Å². The third-order valence-corrected chi connectivity index (χ3v) is 4.26. The van der Waals surface area contributed by atoms with Crippen LogP contribution in [-0.4, -0.2) is 42.0 Å². The van der Waals surface area contributed by atoms with E-state index in [9.17, 15) is 9.59 Å². The van der Waals surface area contributed by atoms with Gasteiger partial charge >= 0.3 is 5.97 Å². The van der Waals surface area contributed by atoms with Crippen molar-refractivity contribution < 1.29 is 23.8 Å². The van der Waals surface area contributed by atoms with Crippen LogP contribution in [0.2, 0.25) is 0 Å². The van der Waals surface area contributed by atoms with Crippen molar-refractivity contribution in [1.82, 2.24) is 9.78 Å². The van der Waals surface area contributed by atoms with Gasteiger partial charge in [-0.1, -0.05) is 0 Å². The fourth-order valence-corrected chi connectivity index (χ4v) is 2.56. The lowest BCUT2D eigenvalue weighted by molar-refractivity contribution is -0.148. The molecule has 2 aromatic rings. The summed E-state index contributed by atoms with van der Waals surface area (Å²) in [6.07, 6.45) is 1.84. The summed E-state index contributed by atoms with van der Waals surface area (Å²) in [5.74, 6) is 0.128. The van der Waals surface area contributed by atoms with Crippen LogP contribution in [0, 0.1) is 13.8 Å². The molecule has 0 saturated heterocycles. The Labute approximate surface area is 164 Å². The molecule has 0 fully saturated rings. The molecule has 1 aromatic heterocycles. The second-order valence-electron chi connectivity index (χ2n) is 6.18. The lowest BCUT2D eigenvalue weighted by Gasteiger charge is -2.12. The van der Waals surface area contributed by atoms with E-state index in [0.717, 1.165) is 5.69 Å². The van der Waals surface area contributed by atoms with Gasteiger partial charge in [-0.3, -0.25) is 9.48 Å². The average molecular weight is 387 g/mol. The molecule has 1 heterocycles. The Morgan fingerprint density at radius 3 is 2.50 bits per heavy atom. The van der Waals surface area contributed by atoms with Crippen LogP contribution in [-0.2, 0) is 21.4 Å². The van der Waals surface area contributed by atoms with Crippen LogP contribution in [0.25, 0.3) is 6.08 Å². The Bertz CT molecular complexity index is 901. The second kappa shape index (κ2) is 9.07. The number of anilines is 1. The first-order valence-corrected chi connectivity index (χ1v) is 8.68. The van der Waals surface area contributed by atoms with Gasteiger partial charge in [0, 0.05) is 24.8 Å². The van der Waals surface area contributed by atoms with E-state index in [4.69, 9.17) is 14.2 Å². The van der Waals surface area contributed by atoms with Gasteiger partial charge in [0.25, 0.3) is 5.91 Å². The summed E-state index contributed by atoms with van der Waals surface area (Å²) in [6.45, 7) is 5.15. The molecule has 150 valence electrons. The van der Waals surface area contributed by atoms with E-state index in [2.05, 4.69) is 10.4 Å². The van der Waals surface area contributed by atoms with Crippen LogP contribution in [0.15, 0.2) is 24.3 Å². The van der Waals surface area contributed by atoms with Gasteiger partial charge < -0.3 is 19.5 Å². The maximum Gasteiger partial charge on any atom is 0.331 e. The minimum absolute atomic E-state index is 0.428. The molecule has 0 bridgehead atoms. The Morgan fingerprint density at radius 1 is 1.21 bits per heavy atom. The van der Waals surface area contributed by atoms with Crippen LogP contribution in [0.3, 0.4) is 0 Å². The SMILES string of the molecule is COc1ccc(/C=C/C(=O)O[C@H](C)C(=O)Nc2c(C)nn(C)c2C)c(OC)c1. The smallest absolute Gasteiger partial charge is 0.331 e. The van der Waals surface area contributed by atoms with Gasteiger partial charge in [0.15, 0.2) is 6.10 Å². The summed E-state index contributed by atoms with van der Waals surface area (Å²) < 4.78 is 17.3. The monoisotopic (exact) mass is 387 g/mol. The molecule has 0 spiro atoms. The highest BCUT2D eigenvalue weighted by atomic mass is 16.5. The van der Waals surface area contributed by atoms with Crippen molar-refractivity contribution in [3.8, 4) is 11.5 Å². The number of nitrogens with one attached hydrogen (secondary N) is 1. The number of carbonyl (C=O) groups is 2. The van der Waals surface area contributed by atoms with Gasteiger partial charge in [-0.05, 0) is 39.0 Å². The lowest BCUT2D eigenvalue weighted by atomic mass is 10.1. The maximum absolute atomic E-state index is 12.3. The van der Waals surface area contributed by atoms with Gasteiger partial charge in [0.2, 0.25) is 0 Å². The first kappa shape index (κ1) is 21.0. The molecule has 1 N–H and O–H groups in total. The first-order valence-electron chi connectivity index (χ1n) is 8.68. The molecule has 0 aliphatic rings. The Kier molecular flexibility index (Phi) is 6.81. The topological polar surface area (TPSA) is 91.7 Å². The van der Waals surface area contributed by atoms with Crippen LogP contribution in [0.1, 0.15) is 23.9 Å². The van der Waals surface area contributed by atoms with Crippen molar-refractivity contribution in [3.63, 3.8) is 0 Å². The number of aryl methyl sites for hydroxylation is 2. The minimum atomic E-state index is -0.964. The largest absolute Gasteiger partial charge is 0.497 e. The maximum atomic E-state index is 12.3. The molecule has 2 rings (SSSR count). The summed E-state index contributed by atoms with van der Waals surface area (Å²) in [5.41, 5.74) is 2.81. The predicted octanol–water partition coefficient (Wildman–Crippen LogP) is 2.64. The molecule has 0 radical (unpaired) electrons. The molecule has 1 aromatic carbocycles. The zero-order valence-electron chi connectivity index (χ0n) is 16.9. The zero-order valence-corrected chi connectivity index (χ0v) is 16.9. The number of nitrogens with zero attached hydrogens (tertiary/aromatic N) is 2. The van der Waals surface area contributed by atoms with Gasteiger partial charge in [-0.2, -0.15) is 5.10 Å². The number of esters is 1. The van der Waals surface area contributed by atoms with E-state index < -0.39 is 18.0 Å². The van der Waals surface area contributed by atoms with Crippen LogP contribution < -0.4 is 14.8 Å². The van der Waals surface area contributed by atoms with Crippen LogP contribution >= 0.6 is 0 Å². The molecule has 1 atom stereocenters. The molecular weight excluding hydrogens is 362 g/mol. The zero-order chi connectivity index (χ0) is 20.8. The fraction of sp³-hybridized carbons (Fsp3) is 0.350. The molecule has 0 saturated carbocycles. The van der Waals surface area contributed by atoms with E-state index in [0.29, 0.717) is 28.4 Å². The van der Waals surface area contributed by atoms with Crippen LogP contribution in [0.5, 0.6) is 11.5 Å². The quantitative estimate of drug-likeness (QED) is 0.580. The molecular formula is C20H25N3O5. The number of ether oxygens (including phenoxy) is 3. The molecule has 0 aliphatic heterocycles. The average Bonchev–Trinajstić information content (AvgIpc) is 2.91. The summed E-state index contributed by atoms with van der Waals surface area (Å²) in [6, 6.07) is 5.22. The van der Waals surface area contributed by atoms with Gasteiger partial charge in [-0.15, -0.1) is 0 Å². The minimum Gasteiger partial charge on any atom is -0.497 e. The molecule has 8 nitrogen and oxygen atoms in total.